The molecule has 0 aliphatic carbocycles. The van der Waals surface area contributed by atoms with Crippen molar-refractivity contribution in [2.75, 3.05) is 0 Å². The molecule has 1 atom stereocenters. The number of hydrazone groups is 1. The van der Waals surface area contributed by atoms with Crippen LogP contribution in [-0.4, -0.2) is 24.2 Å². The normalized spacial score (nSPS) is 11.7. The van der Waals surface area contributed by atoms with Gasteiger partial charge in [0, 0.05) is 5.02 Å². The van der Waals surface area contributed by atoms with Crippen molar-refractivity contribution in [1.82, 2.24) is 5.43 Å². The van der Waals surface area contributed by atoms with Gasteiger partial charge in [-0.1, -0.05) is 29.8 Å². The highest BCUT2D eigenvalue weighted by Gasteiger charge is 2.15. The van der Waals surface area contributed by atoms with Crippen molar-refractivity contribution in [2.45, 2.75) is 20.0 Å². The van der Waals surface area contributed by atoms with E-state index in [1.165, 1.54) is 6.21 Å². The molecule has 0 saturated heterocycles. The van der Waals surface area contributed by atoms with Crippen LogP contribution in [0.5, 0.6) is 11.5 Å². The van der Waals surface area contributed by atoms with Crippen LogP contribution in [0, 0.1) is 6.92 Å². The zero-order chi connectivity index (χ0) is 22.2. The second-order valence-corrected chi connectivity index (χ2v) is 7.17. The predicted octanol–water partition coefficient (Wildman–Crippen LogP) is 4.79. The molecule has 1 unspecified atom stereocenters. The lowest BCUT2D eigenvalue weighted by Gasteiger charge is -2.14. The average molecular weight is 437 g/mol. The number of ether oxygens (including phenoxy) is 2. The monoisotopic (exact) mass is 436 g/mol. The Labute approximate surface area is 185 Å². The summed E-state index contributed by atoms with van der Waals surface area (Å²) in [5.41, 5.74) is 4.48. The first-order valence-electron chi connectivity index (χ1n) is 9.55. The van der Waals surface area contributed by atoms with Crippen LogP contribution in [-0.2, 0) is 4.79 Å². The molecule has 0 fully saturated rings. The van der Waals surface area contributed by atoms with E-state index in [2.05, 4.69) is 10.5 Å². The number of carbonyl (C=O) groups excluding carboxylic acids is 2. The summed E-state index contributed by atoms with van der Waals surface area (Å²) >= 11 is 5.93. The molecular weight excluding hydrogens is 416 g/mol. The lowest BCUT2D eigenvalue weighted by Crippen LogP contribution is -2.33. The number of aryl methyl sites for hydroxylation is 1. The maximum atomic E-state index is 12.2. The van der Waals surface area contributed by atoms with E-state index >= 15 is 0 Å². The van der Waals surface area contributed by atoms with Gasteiger partial charge >= 0.3 is 5.97 Å². The molecule has 31 heavy (non-hydrogen) atoms. The molecular formula is C24H21ClN2O4. The second kappa shape index (κ2) is 10.4. The van der Waals surface area contributed by atoms with E-state index in [9.17, 15) is 9.59 Å². The maximum absolute atomic E-state index is 12.2. The molecule has 3 rings (SSSR count). The number of nitrogens with zero attached hydrogens (tertiary/aromatic N) is 1. The number of nitrogens with one attached hydrogen (secondary N) is 1. The summed E-state index contributed by atoms with van der Waals surface area (Å²) < 4.78 is 11.0. The Morgan fingerprint density at radius 1 is 1.03 bits per heavy atom. The van der Waals surface area contributed by atoms with E-state index in [0.29, 0.717) is 22.1 Å². The van der Waals surface area contributed by atoms with Gasteiger partial charge in [-0.3, -0.25) is 4.79 Å². The van der Waals surface area contributed by atoms with Crippen molar-refractivity contribution in [3.63, 3.8) is 0 Å². The van der Waals surface area contributed by atoms with Gasteiger partial charge in [-0.2, -0.15) is 5.10 Å². The molecule has 1 amide bonds. The lowest BCUT2D eigenvalue weighted by atomic mass is 10.2. The Kier molecular flexibility index (Phi) is 7.40. The molecule has 7 heteroatoms. The van der Waals surface area contributed by atoms with E-state index in [-0.39, 0.29) is 5.91 Å². The molecule has 6 nitrogen and oxygen atoms in total. The minimum atomic E-state index is -0.739. The molecule has 0 heterocycles. The van der Waals surface area contributed by atoms with Gasteiger partial charge in [-0.05, 0) is 79.6 Å². The van der Waals surface area contributed by atoms with E-state index in [0.717, 1.165) is 11.1 Å². The summed E-state index contributed by atoms with van der Waals surface area (Å²) in [5, 5.41) is 4.55. The van der Waals surface area contributed by atoms with Gasteiger partial charge in [0.1, 0.15) is 11.5 Å². The largest absolute Gasteiger partial charge is 0.481 e. The first-order valence-corrected chi connectivity index (χ1v) is 9.93. The molecule has 1 N–H and O–H groups in total. The number of rotatable bonds is 7. The quantitative estimate of drug-likeness (QED) is 0.250. The van der Waals surface area contributed by atoms with Crippen LogP contribution in [0.15, 0.2) is 77.9 Å². The van der Waals surface area contributed by atoms with Crippen molar-refractivity contribution in [3.05, 3.63) is 94.5 Å². The molecule has 158 valence electrons. The summed E-state index contributed by atoms with van der Waals surface area (Å²) in [7, 11) is 0. The van der Waals surface area contributed by atoms with Gasteiger partial charge in [0.15, 0.2) is 6.10 Å². The van der Waals surface area contributed by atoms with Crippen LogP contribution in [0.2, 0.25) is 5.02 Å². The number of hydrogen-bond donors (Lipinski definition) is 1. The van der Waals surface area contributed by atoms with Crippen molar-refractivity contribution in [1.29, 1.82) is 0 Å². The third-order valence-corrected chi connectivity index (χ3v) is 4.53. The Bertz CT molecular complexity index is 1080. The Hall–Kier alpha value is -3.64. The van der Waals surface area contributed by atoms with Crippen molar-refractivity contribution in [3.8, 4) is 11.5 Å². The van der Waals surface area contributed by atoms with Gasteiger partial charge in [-0.15, -0.1) is 0 Å². The third kappa shape index (κ3) is 6.42. The van der Waals surface area contributed by atoms with Crippen LogP contribution < -0.4 is 14.9 Å². The number of benzene rings is 3. The molecule has 0 aliphatic rings. The fraction of sp³-hybridized carbons (Fsp3) is 0.125. The van der Waals surface area contributed by atoms with Gasteiger partial charge in [-0.25, -0.2) is 10.2 Å². The van der Waals surface area contributed by atoms with E-state index in [1.54, 1.807) is 73.7 Å². The number of amides is 1. The van der Waals surface area contributed by atoms with E-state index in [4.69, 9.17) is 21.1 Å². The minimum absolute atomic E-state index is 0.390. The summed E-state index contributed by atoms with van der Waals surface area (Å²) in [6, 6.07) is 20.7. The summed E-state index contributed by atoms with van der Waals surface area (Å²) in [5.74, 6) is 0.172. The average Bonchev–Trinajstić information content (AvgIpc) is 2.77. The smallest absolute Gasteiger partial charge is 0.343 e. The maximum Gasteiger partial charge on any atom is 0.343 e. The zero-order valence-corrected chi connectivity index (χ0v) is 17.8. The molecule has 0 spiro atoms. The summed E-state index contributed by atoms with van der Waals surface area (Å²) in [6.07, 6.45) is 0.748. The first-order chi connectivity index (χ1) is 14.9. The first kappa shape index (κ1) is 22.1. The van der Waals surface area contributed by atoms with Crippen LogP contribution in [0.3, 0.4) is 0 Å². The molecule has 0 aromatic heterocycles. The highest BCUT2D eigenvalue weighted by Crippen LogP contribution is 2.22. The van der Waals surface area contributed by atoms with Crippen molar-refractivity contribution < 1.29 is 19.1 Å². The fourth-order valence-electron chi connectivity index (χ4n) is 2.61. The third-order valence-electron chi connectivity index (χ3n) is 4.30. The van der Waals surface area contributed by atoms with Gasteiger partial charge in [0.05, 0.1) is 11.8 Å². The van der Waals surface area contributed by atoms with Crippen molar-refractivity contribution in [2.24, 2.45) is 5.10 Å². The Morgan fingerprint density at radius 3 is 2.42 bits per heavy atom. The fourth-order valence-corrected chi connectivity index (χ4v) is 2.84. The standard InChI is InChI=1S/C24H21ClN2O4/c1-16-14-20(25)10-13-22(16)30-17(2)23(28)27-26-15-18-8-11-21(12-9-18)31-24(29)19-6-4-3-5-7-19/h3-15,17H,1-2H3,(H,27,28). The molecule has 0 saturated carbocycles. The van der Waals surface area contributed by atoms with Crippen LogP contribution >= 0.6 is 11.6 Å². The highest BCUT2D eigenvalue weighted by molar-refractivity contribution is 6.30. The Morgan fingerprint density at radius 2 is 1.74 bits per heavy atom. The van der Waals surface area contributed by atoms with Crippen LogP contribution in [0.4, 0.5) is 0 Å². The van der Waals surface area contributed by atoms with Crippen molar-refractivity contribution >= 4 is 29.7 Å². The molecule has 3 aromatic rings. The van der Waals surface area contributed by atoms with Crippen LogP contribution in [0.1, 0.15) is 28.4 Å². The lowest BCUT2D eigenvalue weighted by molar-refractivity contribution is -0.127. The number of halogens is 1. The summed E-state index contributed by atoms with van der Waals surface area (Å²) in [4.78, 5) is 24.3. The van der Waals surface area contributed by atoms with Gasteiger partial charge < -0.3 is 9.47 Å². The second-order valence-electron chi connectivity index (χ2n) is 6.73. The molecule has 0 bridgehead atoms. The number of carbonyl (C=O) groups is 2. The van der Waals surface area contributed by atoms with Crippen LogP contribution in [0.25, 0.3) is 0 Å². The highest BCUT2D eigenvalue weighted by atomic mass is 35.5. The van der Waals surface area contributed by atoms with E-state index in [1.807, 2.05) is 13.0 Å². The minimum Gasteiger partial charge on any atom is -0.481 e. The number of hydrogen-bond acceptors (Lipinski definition) is 5. The molecule has 3 aromatic carbocycles. The summed E-state index contributed by atoms with van der Waals surface area (Å²) in [6.45, 7) is 3.49. The van der Waals surface area contributed by atoms with E-state index < -0.39 is 12.1 Å². The van der Waals surface area contributed by atoms with Gasteiger partial charge in [0.2, 0.25) is 0 Å². The number of esters is 1. The Balaban J connectivity index is 1.51. The predicted molar refractivity (Wildman–Crippen MR) is 120 cm³/mol. The SMILES string of the molecule is Cc1cc(Cl)ccc1OC(C)C(=O)NN=Cc1ccc(OC(=O)c2ccccc2)cc1. The molecule has 0 radical (unpaired) electrons. The zero-order valence-electron chi connectivity index (χ0n) is 17.0. The molecule has 0 aliphatic heterocycles. The topological polar surface area (TPSA) is 77.0 Å². The van der Waals surface area contributed by atoms with Gasteiger partial charge in [0.25, 0.3) is 5.91 Å².